The van der Waals surface area contributed by atoms with Crippen LogP contribution in [-0.4, -0.2) is 80.6 Å². The molecule has 0 aliphatic heterocycles. The molecular formula is C58H108NO7+. The van der Waals surface area contributed by atoms with Crippen molar-refractivity contribution in [3.8, 4) is 0 Å². The largest absolute Gasteiger partial charge is 0.477 e. The Kier molecular flexibility index (Phi) is 47.2. The third-order valence-electron chi connectivity index (χ3n) is 12.8. The van der Waals surface area contributed by atoms with Gasteiger partial charge in [0, 0.05) is 19.3 Å². The number of esters is 2. The van der Waals surface area contributed by atoms with E-state index in [9.17, 15) is 19.5 Å². The van der Waals surface area contributed by atoms with Crippen molar-refractivity contribution in [3.05, 3.63) is 36.5 Å². The average Bonchev–Trinajstić information content (AvgIpc) is 3.28. The van der Waals surface area contributed by atoms with Crippen molar-refractivity contribution in [2.24, 2.45) is 0 Å². The van der Waals surface area contributed by atoms with Crippen LogP contribution >= 0.6 is 0 Å². The Labute approximate surface area is 408 Å². The lowest BCUT2D eigenvalue weighted by Crippen LogP contribution is -2.50. The van der Waals surface area contributed by atoms with E-state index in [4.69, 9.17) is 14.2 Å². The molecule has 2 atom stereocenters. The molecule has 66 heavy (non-hydrogen) atoms. The highest BCUT2D eigenvalue weighted by Gasteiger charge is 2.31. The van der Waals surface area contributed by atoms with Gasteiger partial charge in [0.1, 0.15) is 6.61 Å². The molecule has 0 aromatic heterocycles. The second-order valence-corrected chi connectivity index (χ2v) is 20.2. The number of hydrogen-bond acceptors (Lipinski definition) is 6. The molecular weight excluding hydrogens is 823 g/mol. The minimum atomic E-state index is -0.871. The maximum atomic E-state index is 12.8. The van der Waals surface area contributed by atoms with Gasteiger partial charge in [0.05, 0.1) is 34.4 Å². The monoisotopic (exact) mass is 931 g/mol. The van der Waals surface area contributed by atoms with E-state index in [1.165, 1.54) is 173 Å². The van der Waals surface area contributed by atoms with Crippen molar-refractivity contribution in [2.45, 2.75) is 276 Å². The molecule has 0 radical (unpaired) electrons. The summed E-state index contributed by atoms with van der Waals surface area (Å²) in [6.45, 7) is 4.68. The standard InChI is InChI=1S/C58H107NO7/c1-6-8-10-12-14-16-18-20-22-24-26-27-28-29-31-32-34-36-38-40-42-44-46-48-56(60)65-53-54(52-64-51-50-55(58(62)63)59(3,4)5)66-57(61)49-47-45-43-41-39-37-35-33-30-25-23-21-19-17-15-13-11-9-7-2/h8,10,14,16,20,22,54-55H,6-7,9,11-13,15,17-19,21,23-53H2,1-5H3/p+1/b10-8+,16-14+,22-20+. The van der Waals surface area contributed by atoms with Crippen molar-refractivity contribution in [2.75, 3.05) is 41.0 Å². The Balaban J connectivity index is 4.14. The molecule has 0 aromatic carbocycles. The third kappa shape index (κ3) is 46.7. The summed E-state index contributed by atoms with van der Waals surface area (Å²) < 4.78 is 17.4. The lowest BCUT2D eigenvalue weighted by molar-refractivity contribution is -0.887. The fourth-order valence-electron chi connectivity index (χ4n) is 8.52. The predicted octanol–water partition coefficient (Wildman–Crippen LogP) is 16.5. The highest BCUT2D eigenvalue weighted by molar-refractivity contribution is 5.72. The zero-order valence-corrected chi connectivity index (χ0v) is 44.2. The van der Waals surface area contributed by atoms with E-state index in [0.29, 0.717) is 19.3 Å². The number of rotatable bonds is 51. The van der Waals surface area contributed by atoms with E-state index in [1.54, 1.807) is 0 Å². The van der Waals surface area contributed by atoms with Crippen molar-refractivity contribution in [1.29, 1.82) is 0 Å². The summed E-state index contributed by atoms with van der Waals surface area (Å²) in [5.74, 6) is -1.45. The number of carboxylic acid groups (broad SMARTS) is 1. The summed E-state index contributed by atoms with van der Waals surface area (Å²) >= 11 is 0. The molecule has 0 bridgehead atoms. The normalized spacial score (nSPS) is 13.0. The van der Waals surface area contributed by atoms with E-state index in [0.717, 1.165) is 57.8 Å². The molecule has 0 amide bonds. The topological polar surface area (TPSA) is 99.1 Å². The molecule has 0 fully saturated rings. The lowest BCUT2D eigenvalue weighted by Gasteiger charge is -2.31. The molecule has 0 rings (SSSR count). The first-order valence-corrected chi connectivity index (χ1v) is 28.0. The molecule has 386 valence electrons. The number of allylic oxidation sites excluding steroid dienone is 6. The van der Waals surface area contributed by atoms with Crippen LogP contribution in [0.4, 0.5) is 0 Å². The van der Waals surface area contributed by atoms with Gasteiger partial charge in [-0.2, -0.15) is 0 Å². The highest BCUT2D eigenvalue weighted by Crippen LogP contribution is 2.17. The van der Waals surface area contributed by atoms with Gasteiger partial charge in [0.25, 0.3) is 0 Å². The third-order valence-corrected chi connectivity index (χ3v) is 12.8. The van der Waals surface area contributed by atoms with E-state index in [2.05, 4.69) is 50.3 Å². The van der Waals surface area contributed by atoms with Gasteiger partial charge >= 0.3 is 17.9 Å². The van der Waals surface area contributed by atoms with Crippen LogP contribution in [0, 0.1) is 0 Å². The van der Waals surface area contributed by atoms with Crippen LogP contribution in [0.3, 0.4) is 0 Å². The summed E-state index contributed by atoms with van der Waals surface area (Å²) in [6, 6.07) is -0.613. The lowest BCUT2D eigenvalue weighted by atomic mass is 10.0. The highest BCUT2D eigenvalue weighted by atomic mass is 16.6. The van der Waals surface area contributed by atoms with Gasteiger partial charge in [0.2, 0.25) is 0 Å². The van der Waals surface area contributed by atoms with Crippen LogP contribution in [0.25, 0.3) is 0 Å². The number of ether oxygens (including phenoxy) is 3. The second-order valence-electron chi connectivity index (χ2n) is 20.2. The molecule has 8 nitrogen and oxygen atoms in total. The fraction of sp³-hybridized carbons (Fsp3) is 0.845. The Bertz CT molecular complexity index is 1170. The number of likely N-dealkylation sites (N-methyl/N-ethyl adjacent to an activating group) is 1. The number of carboxylic acids is 1. The molecule has 2 unspecified atom stereocenters. The summed E-state index contributed by atoms with van der Waals surface area (Å²) in [4.78, 5) is 37.3. The fourth-order valence-corrected chi connectivity index (χ4v) is 8.52. The number of carbonyl (C=O) groups excluding carboxylic acids is 2. The number of quaternary nitrogens is 1. The Hall–Kier alpha value is -2.45. The van der Waals surface area contributed by atoms with Gasteiger partial charge in [-0.1, -0.05) is 237 Å². The summed E-state index contributed by atoms with van der Waals surface area (Å²) in [6.07, 6.45) is 59.2. The number of carbonyl (C=O) groups is 3. The van der Waals surface area contributed by atoms with Crippen LogP contribution in [0.2, 0.25) is 0 Å². The van der Waals surface area contributed by atoms with Crippen LogP contribution in [0.1, 0.15) is 264 Å². The molecule has 0 aliphatic rings. The summed E-state index contributed by atoms with van der Waals surface area (Å²) in [5, 5.41) is 9.67. The first-order valence-electron chi connectivity index (χ1n) is 28.0. The van der Waals surface area contributed by atoms with Gasteiger partial charge in [-0.15, -0.1) is 0 Å². The maximum Gasteiger partial charge on any atom is 0.362 e. The molecule has 0 spiro atoms. The number of unbranched alkanes of at least 4 members (excludes halogenated alkanes) is 31. The summed E-state index contributed by atoms with van der Waals surface area (Å²) in [7, 11) is 5.55. The van der Waals surface area contributed by atoms with Gasteiger partial charge in [0.15, 0.2) is 12.1 Å². The molecule has 0 heterocycles. The number of aliphatic carboxylic acids is 1. The molecule has 0 aromatic rings. The minimum absolute atomic E-state index is 0.0470. The van der Waals surface area contributed by atoms with Crippen LogP contribution in [0.15, 0.2) is 36.5 Å². The predicted molar refractivity (Wildman–Crippen MR) is 280 cm³/mol. The Morgan fingerprint density at radius 1 is 0.470 bits per heavy atom. The van der Waals surface area contributed by atoms with E-state index in [1.807, 2.05) is 21.1 Å². The first-order chi connectivity index (χ1) is 32.1. The van der Waals surface area contributed by atoms with Crippen molar-refractivity contribution in [1.82, 2.24) is 0 Å². The quantitative estimate of drug-likeness (QED) is 0.0281. The average molecular weight is 932 g/mol. The van der Waals surface area contributed by atoms with E-state index >= 15 is 0 Å². The van der Waals surface area contributed by atoms with Gasteiger partial charge in [-0.3, -0.25) is 9.59 Å². The Morgan fingerprint density at radius 3 is 1.26 bits per heavy atom. The SMILES string of the molecule is CC/C=C/C/C=C/C/C=C/CCCCCCCCCCCCCCCC(=O)OCC(COCCC(C(=O)O)[N+](C)(C)C)OC(=O)CCCCCCCCCCCCCCCCCCCCC. The minimum Gasteiger partial charge on any atom is -0.477 e. The molecule has 0 saturated heterocycles. The Morgan fingerprint density at radius 2 is 0.848 bits per heavy atom. The smallest absolute Gasteiger partial charge is 0.362 e. The number of hydrogen-bond donors (Lipinski definition) is 1. The van der Waals surface area contributed by atoms with Gasteiger partial charge < -0.3 is 23.8 Å². The van der Waals surface area contributed by atoms with Crippen molar-refractivity contribution in [3.63, 3.8) is 0 Å². The zero-order chi connectivity index (χ0) is 48.4. The maximum absolute atomic E-state index is 12.8. The van der Waals surface area contributed by atoms with Crippen LogP contribution in [-0.2, 0) is 28.6 Å². The second kappa shape index (κ2) is 49.0. The first kappa shape index (κ1) is 63.5. The van der Waals surface area contributed by atoms with Gasteiger partial charge in [-0.25, -0.2) is 4.79 Å². The van der Waals surface area contributed by atoms with E-state index < -0.39 is 18.1 Å². The van der Waals surface area contributed by atoms with Crippen molar-refractivity contribution < 1.29 is 38.2 Å². The zero-order valence-electron chi connectivity index (χ0n) is 44.2. The van der Waals surface area contributed by atoms with Gasteiger partial charge in [-0.05, 0) is 44.9 Å². The van der Waals surface area contributed by atoms with Crippen LogP contribution in [0.5, 0.6) is 0 Å². The van der Waals surface area contributed by atoms with E-state index in [-0.39, 0.29) is 36.2 Å². The molecule has 1 N–H and O–H groups in total. The number of nitrogens with zero attached hydrogens (tertiary/aromatic N) is 1. The van der Waals surface area contributed by atoms with Crippen LogP contribution < -0.4 is 0 Å². The molecule has 0 aliphatic carbocycles. The van der Waals surface area contributed by atoms with Crippen molar-refractivity contribution >= 4 is 17.9 Å². The molecule has 8 heteroatoms. The summed E-state index contributed by atoms with van der Waals surface area (Å²) in [5.41, 5.74) is 0. The molecule has 0 saturated carbocycles.